The van der Waals surface area contributed by atoms with Crippen LogP contribution in [0.1, 0.15) is 26.3 Å². The second kappa shape index (κ2) is 8.63. The van der Waals surface area contributed by atoms with Crippen molar-refractivity contribution in [1.82, 2.24) is 5.32 Å². The Bertz CT molecular complexity index is 912. The summed E-state index contributed by atoms with van der Waals surface area (Å²) >= 11 is 5.89. The van der Waals surface area contributed by atoms with Gasteiger partial charge < -0.3 is 10.1 Å². The van der Waals surface area contributed by atoms with Crippen molar-refractivity contribution in [3.63, 3.8) is 0 Å². The van der Waals surface area contributed by atoms with E-state index < -0.39 is 16.1 Å². The number of anilines is 1. The second-order valence-electron chi connectivity index (χ2n) is 6.46. The molecule has 146 valence electrons. The first kappa shape index (κ1) is 21.1. The van der Waals surface area contributed by atoms with Crippen LogP contribution in [0.15, 0.2) is 47.4 Å². The predicted molar refractivity (Wildman–Crippen MR) is 107 cm³/mol. The molecule has 0 aliphatic heterocycles. The van der Waals surface area contributed by atoms with Crippen LogP contribution in [0.4, 0.5) is 5.69 Å². The lowest BCUT2D eigenvalue weighted by molar-refractivity contribution is -0.127. The zero-order valence-electron chi connectivity index (χ0n) is 15.6. The molecule has 2 aromatic carbocycles. The topological polar surface area (TPSA) is 84.5 Å². The number of carbonyl (C=O) groups is 1. The van der Waals surface area contributed by atoms with Crippen molar-refractivity contribution in [2.75, 3.05) is 4.72 Å². The van der Waals surface area contributed by atoms with Crippen LogP contribution < -0.4 is 14.8 Å². The molecule has 1 amide bonds. The Hall–Kier alpha value is -2.25. The number of amides is 1. The van der Waals surface area contributed by atoms with E-state index in [1.54, 1.807) is 32.0 Å². The van der Waals surface area contributed by atoms with Crippen molar-refractivity contribution < 1.29 is 17.9 Å². The minimum absolute atomic E-state index is 0.0125. The molecule has 0 saturated heterocycles. The molecule has 2 N–H and O–H groups in total. The van der Waals surface area contributed by atoms with Gasteiger partial charge in [0.05, 0.1) is 10.6 Å². The smallest absolute Gasteiger partial charge is 0.261 e. The second-order valence-corrected chi connectivity index (χ2v) is 8.58. The zero-order chi connectivity index (χ0) is 20.2. The maximum atomic E-state index is 12.6. The molecule has 0 aromatic heterocycles. The Balaban J connectivity index is 2.10. The van der Waals surface area contributed by atoms with Crippen LogP contribution in [-0.2, 0) is 14.8 Å². The van der Waals surface area contributed by atoms with Gasteiger partial charge in [-0.1, -0.05) is 11.6 Å². The maximum Gasteiger partial charge on any atom is 0.261 e. The highest BCUT2D eigenvalue weighted by Crippen LogP contribution is 2.24. The van der Waals surface area contributed by atoms with Crippen molar-refractivity contribution in [2.45, 2.75) is 44.7 Å². The first-order chi connectivity index (χ1) is 12.6. The Morgan fingerprint density at radius 2 is 1.70 bits per heavy atom. The number of halogens is 1. The number of hydrogen-bond acceptors (Lipinski definition) is 4. The normalized spacial score (nSPS) is 12.5. The van der Waals surface area contributed by atoms with Gasteiger partial charge in [-0.15, -0.1) is 0 Å². The average Bonchev–Trinajstić information content (AvgIpc) is 2.57. The standard InChI is InChI=1S/C19H23ClN2O4S/c1-12(2)21-19(23)14(4)26-16-6-8-17(9-7-16)27(24,25)22-18-10-5-15(20)11-13(18)3/h5-12,14,22H,1-4H3,(H,21,23)/t14-/m0/s1. The number of hydrogen-bond donors (Lipinski definition) is 2. The first-order valence-corrected chi connectivity index (χ1v) is 10.3. The van der Waals surface area contributed by atoms with E-state index in [4.69, 9.17) is 16.3 Å². The van der Waals surface area contributed by atoms with Gasteiger partial charge in [0.25, 0.3) is 15.9 Å². The molecule has 27 heavy (non-hydrogen) atoms. The van der Waals surface area contributed by atoms with Crippen LogP contribution in [0.5, 0.6) is 5.75 Å². The van der Waals surface area contributed by atoms with Crippen molar-refractivity contribution in [3.8, 4) is 5.75 Å². The van der Waals surface area contributed by atoms with E-state index in [1.165, 1.54) is 24.3 Å². The van der Waals surface area contributed by atoms with Crippen LogP contribution >= 0.6 is 11.6 Å². The quantitative estimate of drug-likeness (QED) is 0.728. The number of aryl methyl sites for hydroxylation is 1. The summed E-state index contributed by atoms with van der Waals surface area (Å²) in [5, 5.41) is 3.29. The van der Waals surface area contributed by atoms with Gasteiger partial charge in [-0.2, -0.15) is 0 Å². The number of benzene rings is 2. The highest BCUT2D eigenvalue weighted by Gasteiger charge is 2.18. The SMILES string of the molecule is Cc1cc(Cl)ccc1NS(=O)(=O)c1ccc(O[C@@H](C)C(=O)NC(C)C)cc1. The van der Waals surface area contributed by atoms with Gasteiger partial charge in [0, 0.05) is 11.1 Å². The summed E-state index contributed by atoms with van der Waals surface area (Å²) in [7, 11) is -3.75. The fourth-order valence-electron chi connectivity index (χ4n) is 2.30. The largest absolute Gasteiger partial charge is 0.481 e. The van der Waals surface area contributed by atoms with E-state index in [0.717, 1.165) is 5.56 Å². The third-order valence-corrected chi connectivity index (χ3v) is 5.30. The van der Waals surface area contributed by atoms with Gasteiger partial charge in [-0.3, -0.25) is 9.52 Å². The molecule has 0 heterocycles. The molecule has 0 spiro atoms. The van der Waals surface area contributed by atoms with Crippen molar-refractivity contribution in [1.29, 1.82) is 0 Å². The van der Waals surface area contributed by atoms with E-state index in [-0.39, 0.29) is 16.8 Å². The summed E-state index contributed by atoms with van der Waals surface area (Å²) in [6.45, 7) is 7.12. The van der Waals surface area contributed by atoms with Crippen molar-refractivity contribution in [2.24, 2.45) is 0 Å². The van der Waals surface area contributed by atoms with E-state index in [9.17, 15) is 13.2 Å². The molecule has 0 unspecified atom stereocenters. The predicted octanol–water partition coefficient (Wildman–Crippen LogP) is 3.74. The van der Waals surface area contributed by atoms with Crippen molar-refractivity contribution >= 4 is 33.2 Å². The molecule has 6 nitrogen and oxygen atoms in total. The molecule has 2 aromatic rings. The highest BCUT2D eigenvalue weighted by atomic mass is 35.5. The summed E-state index contributed by atoms with van der Waals surface area (Å²) in [6, 6.07) is 10.8. The van der Waals surface area contributed by atoms with Crippen LogP contribution in [0, 0.1) is 6.92 Å². The highest BCUT2D eigenvalue weighted by molar-refractivity contribution is 7.92. The van der Waals surface area contributed by atoms with E-state index in [0.29, 0.717) is 16.5 Å². The average molecular weight is 411 g/mol. The molecular weight excluding hydrogens is 388 g/mol. The van der Waals surface area contributed by atoms with Gasteiger partial charge in [0.1, 0.15) is 5.75 Å². The Kier molecular flexibility index (Phi) is 6.73. The van der Waals surface area contributed by atoms with Crippen LogP contribution in [0.25, 0.3) is 0 Å². The summed E-state index contributed by atoms with van der Waals surface area (Å²) < 4.78 is 33.2. The minimum atomic E-state index is -3.75. The fraction of sp³-hybridized carbons (Fsp3) is 0.316. The molecular formula is C19H23ClN2O4S. The molecule has 8 heteroatoms. The summed E-state index contributed by atoms with van der Waals surface area (Å²) in [5.41, 5.74) is 1.18. The molecule has 0 aliphatic carbocycles. The van der Waals surface area contributed by atoms with Crippen LogP contribution in [-0.4, -0.2) is 26.5 Å². The molecule has 2 rings (SSSR count). The lowest BCUT2D eigenvalue weighted by atomic mass is 10.2. The Morgan fingerprint density at radius 1 is 1.07 bits per heavy atom. The van der Waals surface area contributed by atoms with Crippen LogP contribution in [0.3, 0.4) is 0 Å². The van der Waals surface area contributed by atoms with Gasteiger partial charge in [-0.05, 0) is 75.7 Å². The van der Waals surface area contributed by atoms with Crippen LogP contribution in [0.2, 0.25) is 5.02 Å². The van der Waals surface area contributed by atoms with E-state index in [1.807, 2.05) is 13.8 Å². The molecule has 0 bridgehead atoms. The van der Waals surface area contributed by atoms with Gasteiger partial charge >= 0.3 is 0 Å². The van der Waals surface area contributed by atoms with Gasteiger partial charge in [0.15, 0.2) is 6.10 Å². The minimum Gasteiger partial charge on any atom is -0.481 e. The number of ether oxygens (including phenoxy) is 1. The molecule has 1 atom stereocenters. The summed E-state index contributed by atoms with van der Waals surface area (Å²) in [4.78, 5) is 12.0. The third kappa shape index (κ3) is 5.87. The maximum absolute atomic E-state index is 12.6. The summed E-state index contributed by atoms with van der Waals surface area (Å²) in [6.07, 6.45) is -0.690. The fourth-order valence-corrected chi connectivity index (χ4v) is 3.66. The molecule has 0 saturated carbocycles. The number of sulfonamides is 1. The number of carbonyl (C=O) groups excluding carboxylic acids is 1. The first-order valence-electron chi connectivity index (χ1n) is 8.44. The molecule has 0 aliphatic rings. The van der Waals surface area contributed by atoms with E-state index >= 15 is 0 Å². The number of rotatable bonds is 7. The lowest BCUT2D eigenvalue weighted by Gasteiger charge is -2.17. The third-order valence-electron chi connectivity index (χ3n) is 3.68. The Morgan fingerprint density at radius 3 is 2.26 bits per heavy atom. The van der Waals surface area contributed by atoms with Gasteiger partial charge in [0.2, 0.25) is 0 Å². The number of nitrogens with one attached hydrogen (secondary N) is 2. The van der Waals surface area contributed by atoms with Crippen molar-refractivity contribution in [3.05, 3.63) is 53.1 Å². The lowest BCUT2D eigenvalue weighted by Crippen LogP contribution is -2.40. The van der Waals surface area contributed by atoms with E-state index in [2.05, 4.69) is 10.0 Å². The molecule has 0 radical (unpaired) electrons. The molecule has 0 fully saturated rings. The summed E-state index contributed by atoms with van der Waals surface area (Å²) in [5.74, 6) is 0.171. The van der Waals surface area contributed by atoms with Gasteiger partial charge in [-0.25, -0.2) is 8.42 Å². The Labute approximate surface area is 164 Å². The zero-order valence-corrected chi connectivity index (χ0v) is 17.2. The monoisotopic (exact) mass is 410 g/mol.